The quantitative estimate of drug-likeness (QED) is 0.864. The summed E-state index contributed by atoms with van der Waals surface area (Å²) in [4.78, 5) is 18.1. The second kappa shape index (κ2) is 7.32. The van der Waals surface area contributed by atoms with Crippen molar-refractivity contribution in [1.29, 1.82) is 0 Å². The number of piperidine rings is 1. The molecule has 0 aliphatic carbocycles. The summed E-state index contributed by atoms with van der Waals surface area (Å²) in [5, 5.41) is 15.5. The van der Waals surface area contributed by atoms with Crippen LogP contribution >= 0.6 is 11.3 Å². The number of benzene rings is 1. The molecule has 2 N–H and O–H groups in total. The lowest BCUT2D eigenvalue weighted by Gasteiger charge is -2.34. The third-order valence-corrected chi connectivity index (χ3v) is 5.13. The van der Waals surface area contributed by atoms with Gasteiger partial charge in [0, 0.05) is 30.7 Å². The maximum atomic E-state index is 11.3. The number of aromatic nitrogens is 1. The fraction of sp³-hybridized carbons (Fsp3) is 0.444. The molecular weight excluding hydrogens is 322 g/mol. The van der Waals surface area contributed by atoms with Crippen LogP contribution in [0.15, 0.2) is 29.6 Å². The molecule has 1 saturated heterocycles. The van der Waals surface area contributed by atoms with Crippen molar-refractivity contribution in [2.75, 3.05) is 18.4 Å². The maximum Gasteiger partial charge on any atom is 0.307 e. The number of rotatable bonds is 5. The van der Waals surface area contributed by atoms with Gasteiger partial charge < -0.3 is 10.4 Å². The third kappa shape index (κ3) is 4.33. The fourth-order valence-corrected chi connectivity index (χ4v) is 3.92. The lowest BCUT2D eigenvalue weighted by Crippen LogP contribution is -2.42. The number of thiazole rings is 1. The van der Waals surface area contributed by atoms with Crippen LogP contribution in [0.2, 0.25) is 0 Å². The Morgan fingerprint density at radius 1 is 1.38 bits per heavy atom. The predicted molar refractivity (Wildman–Crippen MR) is 96.8 cm³/mol. The van der Waals surface area contributed by atoms with E-state index in [4.69, 9.17) is 0 Å². The van der Waals surface area contributed by atoms with E-state index in [0.717, 1.165) is 29.5 Å². The number of hydrogen-bond donors (Lipinski definition) is 2. The minimum absolute atomic E-state index is 0.266. The monoisotopic (exact) mass is 345 g/mol. The number of carbonyl (C=O) groups is 1. The highest BCUT2D eigenvalue weighted by molar-refractivity contribution is 7.13. The highest BCUT2D eigenvalue weighted by atomic mass is 32.1. The van der Waals surface area contributed by atoms with Gasteiger partial charge in [-0.05, 0) is 31.4 Å². The van der Waals surface area contributed by atoms with Crippen LogP contribution in [0.5, 0.6) is 0 Å². The Morgan fingerprint density at radius 2 is 2.12 bits per heavy atom. The fourth-order valence-electron chi connectivity index (χ4n) is 3.20. The number of hydrogen-bond acceptors (Lipinski definition) is 5. The van der Waals surface area contributed by atoms with E-state index in [1.54, 1.807) is 11.3 Å². The van der Waals surface area contributed by atoms with Crippen molar-refractivity contribution in [3.05, 3.63) is 40.9 Å². The summed E-state index contributed by atoms with van der Waals surface area (Å²) < 4.78 is 0. The van der Waals surface area contributed by atoms with E-state index in [9.17, 15) is 9.90 Å². The molecule has 1 aromatic carbocycles. The smallest absolute Gasteiger partial charge is 0.307 e. The van der Waals surface area contributed by atoms with Crippen LogP contribution in [0.1, 0.15) is 24.6 Å². The van der Waals surface area contributed by atoms with Gasteiger partial charge in [0.15, 0.2) is 5.13 Å². The molecule has 2 aromatic rings. The van der Waals surface area contributed by atoms with E-state index in [2.05, 4.69) is 41.2 Å². The van der Waals surface area contributed by atoms with Crippen LogP contribution in [0.4, 0.5) is 10.8 Å². The molecule has 128 valence electrons. The summed E-state index contributed by atoms with van der Waals surface area (Å²) in [5.41, 5.74) is 3.25. The van der Waals surface area contributed by atoms with Crippen molar-refractivity contribution in [3.8, 4) is 0 Å². The Balaban J connectivity index is 1.61. The molecule has 2 heterocycles. The maximum absolute atomic E-state index is 11.3. The van der Waals surface area contributed by atoms with Crippen molar-refractivity contribution in [1.82, 2.24) is 9.88 Å². The summed E-state index contributed by atoms with van der Waals surface area (Å²) in [6, 6.07) is 8.22. The summed E-state index contributed by atoms with van der Waals surface area (Å²) in [5.74, 6) is -0.548. The van der Waals surface area contributed by atoms with Gasteiger partial charge in [0.25, 0.3) is 0 Å². The summed E-state index contributed by atoms with van der Waals surface area (Å²) in [7, 11) is 0. The largest absolute Gasteiger partial charge is 0.481 e. The van der Waals surface area contributed by atoms with Gasteiger partial charge in [-0.3, -0.25) is 9.69 Å². The summed E-state index contributed by atoms with van der Waals surface area (Å²) >= 11 is 1.58. The minimum Gasteiger partial charge on any atom is -0.481 e. The van der Waals surface area contributed by atoms with Gasteiger partial charge in [-0.25, -0.2) is 4.98 Å². The summed E-state index contributed by atoms with van der Waals surface area (Å²) in [6.07, 6.45) is 0.767. The van der Waals surface area contributed by atoms with Gasteiger partial charge in [0.2, 0.25) is 0 Å². The number of carboxylic acids is 1. The molecule has 24 heavy (non-hydrogen) atoms. The molecule has 0 amide bonds. The van der Waals surface area contributed by atoms with Gasteiger partial charge in [-0.15, -0.1) is 11.3 Å². The zero-order chi connectivity index (χ0) is 17.1. The Bertz CT molecular complexity index is 699. The van der Waals surface area contributed by atoms with Crippen molar-refractivity contribution < 1.29 is 9.90 Å². The SMILES string of the molecule is Cc1ccc(Nc2nc(CN3CC(C)CC(C(=O)O)C3)cs2)cc1. The normalized spacial score (nSPS) is 21.6. The highest BCUT2D eigenvalue weighted by Crippen LogP contribution is 2.25. The Labute approximate surface area is 146 Å². The molecule has 3 rings (SSSR count). The Kier molecular flexibility index (Phi) is 5.16. The predicted octanol–water partition coefficient (Wildman–Crippen LogP) is 3.74. The second-order valence-corrected chi connectivity index (χ2v) is 7.56. The third-order valence-electron chi connectivity index (χ3n) is 4.32. The molecule has 1 aliphatic rings. The average Bonchev–Trinajstić information content (AvgIpc) is 2.96. The molecule has 2 atom stereocenters. The number of anilines is 2. The van der Waals surface area contributed by atoms with Crippen LogP contribution < -0.4 is 5.32 Å². The first kappa shape index (κ1) is 16.9. The number of carboxylic acid groups (broad SMARTS) is 1. The first-order valence-electron chi connectivity index (χ1n) is 8.23. The molecule has 0 bridgehead atoms. The molecular formula is C18H23N3O2S. The van der Waals surface area contributed by atoms with Gasteiger partial charge in [0.05, 0.1) is 11.6 Å². The van der Waals surface area contributed by atoms with Crippen LogP contribution in [0, 0.1) is 18.8 Å². The van der Waals surface area contributed by atoms with Crippen molar-refractivity contribution in [2.45, 2.75) is 26.8 Å². The summed E-state index contributed by atoms with van der Waals surface area (Å²) in [6.45, 7) is 6.43. The van der Waals surface area contributed by atoms with Crippen LogP contribution in [0.3, 0.4) is 0 Å². The first-order chi connectivity index (χ1) is 11.5. The van der Waals surface area contributed by atoms with Crippen molar-refractivity contribution in [3.63, 3.8) is 0 Å². The standard InChI is InChI=1S/C18H23N3O2S/c1-12-3-5-15(6-4-12)19-18-20-16(11-24-18)10-21-8-13(2)7-14(9-21)17(22)23/h3-6,11,13-14H,7-10H2,1-2H3,(H,19,20)(H,22,23). The van der Waals surface area contributed by atoms with Gasteiger partial charge in [-0.2, -0.15) is 0 Å². The van der Waals surface area contributed by atoms with E-state index in [-0.39, 0.29) is 5.92 Å². The first-order valence-corrected chi connectivity index (χ1v) is 9.11. The van der Waals surface area contributed by atoms with Crippen molar-refractivity contribution in [2.24, 2.45) is 11.8 Å². The number of nitrogens with zero attached hydrogens (tertiary/aromatic N) is 2. The zero-order valence-corrected chi connectivity index (χ0v) is 14.8. The molecule has 2 unspecified atom stereocenters. The van der Waals surface area contributed by atoms with Crippen LogP contribution in [-0.2, 0) is 11.3 Å². The molecule has 0 spiro atoms. The Hall–Kier alpha value is -1.92. The average molecular weight is 345 g/mol. The number of likely N-dealkylation sites (tertiary alicyclic amines) is 1. The highest BCUT2D eigenvalue weighted by Gasteiger charge is 2.29. The molecule has 0 radical (unpaired) electrons. The number of nitrogens with one attached hydrogen (secondary N) is 1. The van der Waals surface area contributed by atoms with E-state index >= 15 is 0 Å². The van der Waals surface area contributed by atoms with Gasteiger partial charge in [0.1, 0.15) is 0 Å². The molecule has 1 aliphatic heterocycles. The topological polar surface area (TPSA) is 65.5 Å². The zero-order valence-electron chi connectivity index (χ0n) is 14.0. The number of aryl methyl sites for hydroxylation is 1. The van der Waals surface area contributed by atoms with Crippen LogP contribution in [-0.4, -0.2) is 34.0 Å². The van der Waals surface area contributed by atoms with E-state index in [0.29, 0.717) is 19.0 Å². The molecule has 0 saturated carbocycles. The molecule has 5 nitrogen and oxygen atoms in total. The molecule has 1 fully saturated rings. The lowest BCUT2D eigenvalue weighted by molar-refractivity contribution is -0.144. The van der Waals surface area contributed by atoms with Gasteiger partial charge >= 0.3 is 5.97 Å². The second-order valence-electron chi connectivity index (χ2n) is 6.71. The van der Waals surface area contributed by atoms with Gasteiger partial charge in [-0.1, -0.05) is 24.6 Å². The number of aliphatic carboxylic acids is 1. The molecule has 6 heteroatoms. The van der Waals surface area contributed by atoms with E-state index in [1.807, 2.05) is 17.5 Å². The van der Waals surface area contributed by atoms with E-state index in [1.165, 1.54) is 5.56 Å². The van der Waals surface area contributed by atoms with E-state index < -0.39 is 5.97 Å². The molecule has 1 aromatic heterocycles. The van der Waals surface area contributed by atoms with Crippen molar-refractivity contribution >= 4 is 28.1 Å². The lowest BCUT2D eigenvalue weighted by atomic mass is 9.90. The minimum atomic E-state index is -0.688. The van der Waals surface area contributed by atoms with Crippen LogP contribution in [0.25, 0.3) is 0 Å². The Morgan fingerprint density at radius 3 is 2.83 bits per heavy atom.